The van der Waals surface area contributed by atoms with E-state index in [9.17, 15) is 10.1 Å². The Labute approximate surface area is 105 Å². The van der Waals surface area contributed by atoms with E-state index in [1.807, 2.05) is 26.0 Å². The number of nitro groups is 1. The highest BCUT2D eigenvalue weighted by Gasteiger charge is 2.25. The maximum Gasteiger partial charge on any atom is 0.291 e. The molecule has 1 aromatic carbocycles. The van der Waals surface area contributed by atoms with Gasteiger partial charge in [-0.25, -0.2) is 0 Å². The van der Waals surface area contributed by atoms with Crippen LogP contribution in [0.3, 0.4) is 0 Å². The van der Waals surface area contributed by atoms with Crippen molar-refractivity contribution in [3.8, 4) is 12.1 Å². The number of hydrogen-bond acceptors (Lipinski definition) is 4. The van der Waals surface area contributed by atoms with Crippen LogP contribution in [0.4, 0.5) is 5.69 Å². The number of hydrogen-bond donors (Lipinski definition) is 0. The molecular formula is C13H13N3O2. The van der Waals surface area contributed by atoms with E-state index in [0.29, 0.717) is 24.0 Å². The second-order valence-electron chi connectivity index (χ2n) is 3.81. The largest absolute Gasteiger partial charge is 0.291 e. The summed E-state index contributed by atoms with van der Waals surface area (Å²) in [6.07, 6.45) is 1.12. The molecule has 0 saturated heterocycles. The molecule has 0 N–H and O–H groups in total. The summed E-state index contributed by atoms with van der Waals surface area (Å²) in [4.78, 5) is 10.6. The van der Waals surface area contributed by atoms with Gasteiger partial charge in [-0.1, -0.05) is 19.9 Å². The number of nitro benzene ring substituents is 1. The van der Waals surface area contributed by atoms with E-state index in [0.717, 1.165) is 5.56 Å². The first-order valence-corrected chi connectivity index (χ1v) is 5.69. The Kier molecular flexibility index (Phi) is 4.39. The fourth-order valence-corrected chi connectivity index (χ4v) is 2.02. The van der Waals surface area contributed by atoms with Gasteiger partial charge in [0.1, 0.15) is 11.6 Å². The van der Waals surface area contributed by atoms with Gasteiger partial charge in [-0.05, 0) is 24.0 Å². The standard InChI is InChI=1S/C13H13N3O2/c1-3-9-7-10(4-2)12(8-15)13(16(17)18)11(9)5-6-14/h7H,3-5H2,1-2H3. The van der Waals surface area contributed by atoms with Crippen molar-refractivity contribution in [3.05, 3.63) is 38.4 Å². The monoisotopic (exact) mass is 243 g/mol. The maximum absolute atomic E-state index is 11.2. The normalized spacial score (nSPS) is 9.56. The molecule has 0 unspecified atom stereocenters. The molecule has 5 heteroatoms. The van der Waals surface area contributed by atoms with E-state index in [-0.39, 0.29) is 17.7 Å². The number of rotatable bonds is 4. The molecular weight excluding hydrogens is 230 g/mol. The molecule has 0 aliphatic carbocycles. The van der Waals surface area contributed by atoms with Gasteiger partial charge in [0.2, 0.25) is 0 Å². The molecule has 1 aromatic rings. The topological polar surface area (TPSA) is 90.7 Å². The first-order chi connectivity index (χ1) is 8.60. The van der Waals surface area contributed by atoms with Crippen LogP contribution in [0.1, 0.15) is 36.1 Å². The molecule has 0 aliphatic heterocycles. The third-order valence-electron chi connectivity index (χ3n) is 2.89. The Hall–Kier alpha value is -2.40. The lowest BCUT2D eigenvalue weighted by molar-refractivity contribution is -0.385. The Morgan fingerprint density at radius 2 is 1.89 bits per heavy atom. The van der Waals surface area contributed by atoms with E-state index in [1.54, 1.807) is 6.07 Å². The van der Waals surface area contributed by atoms with Gasteiger partial charge in [-0.15, -0.1) is 0 Å². The highest BCUT2D eigenvalue weighted by atomic mass is 16.6. The predicted molar refractivity (Wildman–Crippen MR) is 65.9 cm³/mol. The average molecular weight is 243 g/mol. The maximum atomic E-state index is 11.2. The summed E-state index contributed by atoms with van der Waals surface area (Å²) >= 11 is 0. The molecule has 18 heavy (non-hydrogen) atoms. The second kappa shape index (κ2) is 5.79. The van der Waals surface area contributed by atoms with Crippen LogP contribution in [0, 0.1) is 32.8 Å². The van der Waals surface area contributed by atoms with Gasteiger partial charge in [-0.2, -0.15) is 10.5 Å². The van der Waals surface area contributed by atoms with Crippen LogP contribution < -0.4 is 0 Å². The lowest BCUT2D eigenvalue weighted by Crippen LogP contribution is -2.05. The zero-order valence-corrected chi connectivity index (χ0v) is 10.4. The molecule has 5 nitrogen and oxygen atoms in total. The Bertz CT molecular complexity index is 565. The first kappa shape index (κ1) is 13.7. The van der Waals surface area contributed by atoms with Crippen LogP contribution in [0.25, 0.3) is 0 Å². The highest BCUT2D eigenvalue weighted by molar-refractivity contribution is 5.61. The minimum atomic E-state index is -0.552. The molecule has 0 spiro atoms. The molecule has 0 amide bonds. The summed E-state index contributed by atoms with van der Waals surface area (Å²) in [7, 11) is 0. The molecule has 0 atom stereocenters. The Balaban J connectivity index is 3.73. The van der Waals surface area contributed by atoms with E-state index < -0.39 is 4.92 Å². The van der Waals surface area contributed by atoms with Crippen molar-refractivity contribution in [2.45, 2.75) is 33.1 Å². The minimum Gasteiger partial charge on any atom is -0.258 e. The van der Waals surface area contributed by atoms with Crippen LogP contribution in [0.2, 0.25) is 0 Å². The number of nitriles is 2. The molecule has 0 saturated carbocycles. The molecule has 0 heterocycles. The second-order valence-corrected chi connectivity index (χ2v) is 3.81. The van der Waals surface area contributed by atoms with Crippen LogP contribution in [0.15, 0.2) is 6.07 Å². The average Bonchev–Trinajstić information content (AvgIpc) is 2.37. The van der Waals surface area contributed by atoms with Crippen LogP contribution in [-0.2, 0) is 19.3 Å². The number of aryl methyl sites for hydroxylation is 2. The van der Waals surface area contributed by atoms with Crippen molar-refractivity contribution in [1.29, 1.82) is 10.5 Å². The van der Waals surface area contributed by atoms with E-state index in [2.05, 4.69) is 0 Å². The summed E-state index contributed by atoms with van der Waals surface area (Å²) in [5, 5.41) is 29.0. The summed E-state index contributed by atoms with van der Waals surface area (Å²) < 4.78 is 0. The van der Waals surface area contributed by atoms with Gasteiger partial charge in [0.05, 0.1) is 17.4 Å². The fraction of sp³-hybridized carbons (Fsp3) is 0.385. The molecule has 92 valence electrons. The highest BCUT2D eigenvalue weighted by Crippen LogP contribution is 2.31. The number of nitrogens with zero attached hydrogens (tertiary/aromatic N) is 3. The summed E-state index contributed by atoms with van der Waals surface area (Å²) in [5.74, 6) is 0. The predicted octanol–water partition coefficient (Wildman–Crippen LogP) is 2.66. The van der Waals surface area contributed by atoms with Crippen molar-refractivity contribution < 1.29 is 4.92 Å². The van der Waals surface area contributed by atoms with Gasteiger partial charge in [0.15, 0.2) is 0 Å². The fourth-order valence-electron chi connectivity index (χ4n) is 2.02. The third kappa shape index (κ3) is 2.31. The quantitative estimate of drug-likeness (QED) is 0.600. The lowest BCUT2D eigenvalue weighted by Gasteiger charge is -2.10. The van der Waals surface area contributed by atoms with Gasteiger partial charge >= 0.3 is 0 Å². The third-order valence-corrected chi connectivity index (χ3v) is 2.89. The molecule has 1 rings (SSSR count). The van der Waals surface area contributed by atoms with Crippen molar-refractivity contribution >= 4 is 5.69 Å². The van der Waals surface area contributed by atoms with Gasteiger partial charge < -0.3 is 0 Å². The van der Waals surface area contributed by atoms with Gasteiger partial charge in [0, 0.05) is 5.56 Å². The van der Waals surface area contributed by atoms with Crippen molar-refractivity contribution in [2.24, 2.45) is 0 Å². The minimum absolute atomic E-state index is 0.0435. The lowest BCUT2D eigenvalue weighted by atomic mass is 9.92. The molecule has 0 radical (unpaired) electrons. The summed E-state index contributed by atoms with van der Waals surface area (Å²) in [6, 6.07) is 5.63. The number of benzene rings is 1. The summed E-state index contributed by atoms with van der Waals surface area (Å²) in [5.41, 5.74) is 1.71. The van der Waals surface area contributed by atoms with Crippen LogP contribution in [-0.4, -0.2) is 4.92 Å². The Morgan fingerprint density at radius 3 is 2.28 bits per heavy atom. The Morgan fingerprint density at radius 1 is 1.28 bits per heavy atom. The van der Waals surface area contributed by atoms with E-state index in [4.69, 9.17) is 10.5 Å². The van der Waals surface area contributed by atoms with Gasteiger partial charge in [-0.3, -0.25) is 10.1 Å². The SMILES string of the molecule is CCc1cc(CC)c(CC#N)c([N+](=O)[O-])c1C#N. The smallest absolute Gasteiger partial charge is 0.258 e. The zero-order chi connectivity index (χ0) is 13.7. The molecule has 0 bridgehead atoms. The van der Waals surface area contributed by atoms with Crippen molar-refractivity contribution in [1.82, 2.24) is 0 Å². The van der Waals surface area contributed by atoms with E-state index in [1.165, 1.54) is 0 Å². The van der Waals surface area contributed by atoms with Crippen LogP contribution >= 0.6 is 0 Å². The molecule has 0 fully saturated rings. The van der Waals surface area contributed by atoms with E-state index >= 15 is 0 Å². The van der Waals surface area contributed by atoms with Crippen molar-refractivity contribution in [2.75, 3.05) is 0 Å². The van der Waals surface area contributed by atoms with Crippen LogP contribution in [0.5, 0.6) is 0 Å². The van der Waals surface area contributed by atoms with Gasteiger partial charge in [0.25, 0.3) is 5.69 Å². The zero-order valence-electron chi connectivity index (χ0n) is 10.4. The molecule has 0 aliphatic rings. The molecule has 0 aromatic heterocycles. The van der Waals surface area contributed by atoms with Crippen molar-refractivity contribution in [3.63, 3.8) is 0 Å². The first-order valence-electron chi connectivity index (χ1n) is 5.69. The summed E-state index contributed by atoms with van der Waals surface area (Å²) in [6.45, 7) is 3.73.